The summed E-state index contributed by atoms with van der Waals surface area (Å²) in [6.07, 6.45) is 0.594. The summed E-state index contributed by atoms with van der Waals surface area (Å²) in [4.78, 5) is 27.7. The van der Waals surface area contributed by atoms with E-state index in [4.69, 9.17) is 25.8 Å². The first-order chi connectivity index (χ1) is 15.8. The normalized spacial score (nSPS) is 17.6. The number of Topliss-reactive ketones (excluding diaryl/α,β-unsaturated/α-hetero) is 1. The highest BCUT2D eigenvalue weighted by atomic mass is 35.5. The molecule has 1 fully saturated rings. The summed E-state index contributed by atoms with van der Waals surface area (Å²) in [7, 11) is 2.99. The first-order valence-electron chi connectivity index (χ1n) is 10.7. The number of hydrogen-bond acceptors (Lipinski definition) is 6. The second-order valence-corrected chi connectivity index (χ2v) is 8.32. The van der Waals surface area contributed by atoms with Crippen LogP contribution in [-0.2, 0) is 14.3 Å². The molecule has 7 nitrogen and oxygen atoms in total. The molecule has 3 rings (SSSR count). The SMILES string of the molecule is COc1cccc(C2/C(=C(\O)c3cc(Cl)ccc3OC)C(=O)C(=O)N2CCCOC(C)C)c1. The molecule has 176 valence electrons. The number of carbonyl (C=O) groups excluding carboxylic acids is 2. The fourth-order valence-corrected chi connectivity index (χ4v) is 4.01. The van der Waals surface area contributed by atoms with Gasteiger partial charge in [0, 0.05) is 18.2 Å². The van der Waals surface area contributed by atoms with Gasteiger partial charge >= 0.3 is 0 Å². The van der Waals surface area contributed by atoms with Crippen LogP contribution in [0.2, 0.25) is 5.02 Å². The second kappa shape index (κ2) is 10.7. The van der Waals surface area contributed by atoms with Crippen LogP contribution in [0.3, 0.4) is 0 Å². The number of nitrogens with zero attached hydrogens (tertiary/aromatic N) is 1. The first-order valence-corrected chi connectivity index (χ1v) is 11.0. The standard InChI is InChI=1S/C25H28ClNO6/c1-15(2)33-12-6-11-27-22(16-7-5-8-18(13-16)31-3)21(24(29)25(27)30)23(28)19-14-17(26)9-10-20(19)32-4/h5,7-10,13-15,22,28H,6,11-12H2,1-4H3/b23-21+. The minimum Gasteiger partial charge on any atom is -0.507 e. The largest absolute Gasteiger partial charge is 0.507 e. The predicted octanol–water partition coefficient (Wildman–Crippen LogP) is 4.59. The Bertz CT molecular complexity index is 1060. The van der Waals surface area contributed by atoms with Gasteiger partial charge in [-0.1, -0.05) is 23.7 Å². The molecule has 0 radical (unpaired) electrons. The van der Waals surface area contributed by atoms with Gasteiger partial charge in [0.25, 0.3) is 11.7 Å². The number of ether oxygens (including phenoxy) is 3. The lowest BCUT2D eigenvalue weighted by Gasteiger charge is -2.26. The van der Waals surface area contributed by atoms with E-state index in [9.17, 15) is 14.7 Å². The third-order valence-electron chi connectivity index (χ3n) is 5.36. The van der Waals surface area contributed by atoms with Gasteiger partial charge in [0.15, 0.2) is 0 Å². The smallest absolute Gasteiger partial charge is 0.295 e. The maximum absolute atomic E-state index is 13.1. The lowest BCUT2D eigenvalue weighted by molar-refractivity contribution is -0.140. The number of rotatable bonds is 9. The molecular weight excluding hydrogens is 446 g/mol. The van der Waals surface area contributed by atoms with E-state index in [0.717, 1.165) is 0 Å². The molecule has 1 saturated heterocycles. The van der Waals surface area contributed by atoms with Crippen molar-refractivity contribution >= 4 is 29.1 Å². The average Bonchev–Trinajstić information content (AvgIpc) is 3.06. The molecule has 1 N–H and O–H groups in total. The highest BCUT2D eigenvalue weighted by Crippen LogP contribution is 2.42. The van der Waals surface area contributed by atoms with Gasteiger partial charge in [0.1, 0.15) is 17.3 Å². The highest BCUT2D eigenvalue weighted by molar-refractivity contribution is 6.46. The molecule has 1 atom stereocenters. The monoisotopic (exact) mass is 473 g/mol. The molecule has 0 bridgehead atoms. The third kappa shape index (κ3) is 5.31. The van der Waals surface area contributed by atoms with Crippen LogP contribution in [-0.4, -0.2) is 55.2 Å². The summed E-state index contributed by atoms with van der Waals surface area (Å²) >= 11 is 6.14. The number of aliphatic hydroxyl groups excluding tert-OH is 1. The Hall–Kier alpha value is -3.03. The molecule has 1 unspecified atom stereocenters. The zero-order valence-electron chi connectivity index (χ0n) is 19.1. The van der Waals surface area contributed by atoms with Crippen molar-refractivity contribution in [1.82, 2.24) is 4.90 Å². The molecule has 2 aromatic rings. The van der Waals surface area contributed by atoms with E-state index in [1.165, 1.54) is 25.2 Å². The Morgan fingerprint density at radius 2 is 1.88 bits per heavy atom. The van der Waals surface area contributed by atoms with E-state index < -0.39 is 17.7 Å². The summed E-state index contributed by atoms with van der Waals surface area (Å²) in [6, 6.07) is 11.0. The fourth-order valence-electron chi connectivity index (χ4n) is 3.83. The molecule has 0 aromatic heterocycles. The molecule has 1 heterocycles. The van der Waals surface area contributed by atoms with Gasteiger partial charge in [-0.25, -0.2) is 0 Å². The van der Waals surface area contributed by atoms with Crippen LogP contribution < -0.4 is 9.47 Å². The molecule has 1 aliphatic rings. The van der Waals surface area contributed by atoms with E-state index >= 15 is 0 Å². The number of aliphatic hydroxyl groups is 1. The molecule has 1 aliphatic heterocycles. The molecule has 2 aromatic carbocycles. The minimum absolute atomic E-state index is 0.0291. The van der Waals surface area contributed by atoms with E-state index in [2.05, 4.69) is 0 Å². The summed E-state index contributed by atoms with van der Waals surface area (Å²) in [6.45, 7) is 4.58. The Morgan fingerprint density at radius 3 is 2.55 bits per heavy atom. The maximum atomic E-state index is 13.1. The number of ketones is 1. The highest BCUT2D eigenvalue weighted by Gasteiger charge is 2.46. The molecule has 0 aliphatic carbocycles. The number of likely N-dealkylation sites (tertiary alicyclic amines) is 1. The summed E-state index contributed by atoms with van der Waals surface area (Å²) in [5, 5.41) is 11.6. The zero-order chi connectivity index (χ0) is 24.1. The fraction of sp³-hybridized carbons (Fsp3) is 0.360. The Balaban J connectivity index is 2.12. The first kappa shape index (κ1) is 24.6. The molecule has 0 saturated carbocycles. The lowest BCUT2D eigenvalue weighted by Crippen LogP contribution is -2.31. The van der Waals surface area contributed by atoms with Crippen LogP contribution in [0.4, 0.5) is 0 Å². The molecule has 1 amide bonds. The zero-order valence-corrected chi connectivity index (χ0v) is 19.9. The van der Waals surface area contributed by atoms with Gasteiger partial charge in [-0.05, 0) is 56.2 Å². The quantitative estimate of drug-likeness (QED) is 0.248. The van der Waals surface area contributed by atoms with Gasteiger partial charge < -0.3 is 24.2 Å². The van der Waals surface area contributed by atoms with Crippen LogP contribution in [0.1, 0.15) is 37.4 Å². The van der Waals surface area contributed by atoms with Gasteiger partial charge in [-0.3, -0.25) is 9.59 Å². The summed E-state index contributed by atoms with van der Waals surface area (Å²) in [5.41, 5.74) is 0.846. The Morgan fingerprint density at radius 1 is 1.12 bits per heavy atom. The van der Waals surface area contributed by atoms with Crippen LogP contribution in [0, 0.1) is 0 Å². The van der Waals surface area contributed by atoms with Crippen LogP contribution in [0.25, 0.3) is 5.76 Å². The van der Waals surface area contributed by atoms with Gasteiger partial charge in [-0.2, -0.15) is 0 Å². The van der Waals surface area contributed by atoms with Gasteiger partial charge in [-0.15, -0.1) is 0 Å². The average molecular weight is 474 g/mol. The van der Waals surface area contributed by atoms with Crippen molar-refractivity contribution in [2.75, 3.05) is 27.4 Å². The van der Waals surface area contributed by atoms with Crippen molar-refractivity contribution in [2.24, 2.45) is 0 Å². The van der Waals surface area contributed by atoms with Gasteiger partial charge in [0.05, 0.1) is 37.5 Å². The topological polar surface area (TPSA) is 85.3 Å². The van der Waals surface area contributed by atoms with Crippen molar-refractivity contribution in [2.45, 2.75) is 32.4 Å². The maximum Gasteiger partial charge on any atom is 0.295 e. The van der Waals surface area contributed by atoms with E-state index in [1.807, 2.05) is 13.8 Å². The molecular formula is C25H28ClNO6. The number of carbonyl (C=O) groups is 2. The van der Waals surface area contributed by atoms with E-state index in [1.54, 1.807) is 36.4 Å². The van der Waals surface area contributed by atoms with Crippen molar-refractivity contribution in [3.05, 3.63) is 64.2 Å². The number of benzene rings is 2. The summed E-state index contributed by atoms with van der Waals surface area (Å²) < 4.78 is 16.3. The number of hydrogen-bond donors (Lipinski definition) is 1. The summed E-state index contributed by atoms with van der Waals surface area (Å²) in [5.74, 6) is -0.900. The van der Waals surface area contributed by atoms with Crippen molar-refractivity contribution in [3.63, 3.8) is 0 Å². The number of methoxy groups -OCH3 is 2. The van der Waals surface area contributed by atoms with Crippen LogP contribution >= 0.6 is 11.6 Å². The Kier molecular flexibility index (Phi) is 8.00. The second-order valence-electron chi connectivity index (χ2n) is 7.89. The van der Waals surface area contributed by atoms with Crippen LogP contribution in [0.5, 0.6) is 11.5 Å². The third-order valence-corrected chi connectivity index (χ3v) is 5.60. The number of amides is 1. The molecule has 0 spiro atoms. The van der Waals surface area contributed by atoms with E-state index in [0.29, 0.717) is 35.1 Å². The van der Waals surface area contributed by atoms with E-state index in [-0.39, 0.29) is 29.5 Å². The van der Waals surface area contributed by atoms with Gasteiger partial charge in [0.2, 0.25) is 0 Å². The van der Waals surface area contributed by atoms with Crippen molar-refractivity contribution in [1.29, 1.82) is 0 Å². The number of halogens is 1. The molecule has 8 heteroatoms. The van der Waals surface area contributed by atoms with Crippen LogP contribution in [0.15, 0.2) is 48.0 Å². The van der Waals surface area contributed by atoms with Crippen molar-refractivity contribution in [3.8, 4) is 11.5 Å². The lowest BCUT2D eigenvalue weighted by atomic mass is 9.94. The predicted molar refractivity (Wildman–Crippen MR) is 126 cm³/mol. The Labute approximate surface area is 198 Å². The minimum atomic E-state index is -0.803. The van der Waals surface area contributed by atoms with Crippen molar-refractivity contribution < 1.29 is 28.9 Å². The molecule has 33 heavy (non-hydrogen) atoms.